The molecule has 1 aromatic rings. The van der Waals surface area contributed by atoms with E-state index >= 15 is 0 Å². The van der Waals surface area contributed by atoms with Gasteiger partial charge in [0.25, 0.3) is 0 Å². The summed E-state index contributed by atoms with van der Waals surface area (Å²) in [5.41, 5.74) is 0.702. The number of anilines is 1. The highest BCUT2D eigenvalue weighted by Crippen LogP contribution is 2.18. The minimum absolute atomic E-state index is 0.0399. The smallest absolute Gasteiger partial charge is 0.238 e. The Kier molecular flexibility index (Phi) is 5.38. The highest BCUT2D eigenvalue weighted by Gasteiger charge is 2.22. The second-order valence-corrected chi connectivity index (χ2v) is 5.26. The van der Waals surface area contributed by atoms with Crippen molar-refractivity contribution in [2.45, 2.75) is 25.3 Å². The molecule has 0 atom stereocenters. The van der Waals surface area contributed by atoms with Crippen LogP contribution in [0.4, 0.5) is 5.69 Å². The summed E-state index contributed by atoms with van der Waals surface area (Å²) in [4.78, 5) is 23.0. The molecule has 1 saturated carbocycles. The first-order chi connectivity index (χ1) is 9.63. The highest BCUT2D eigenvalue weighted by atomic mass is 35.5. The maximum absolute atomic E-state index is 11.6. The van der Waals surface area contributed by atoms with Gasteiger partial charge in [-0.15, -0.1) is 0 Å². The third kappa shape index (κ3) is 5.59. The summed E-state index contributed by atoms with van der Waals surface area (Å²) in [6.45, 7) is 0.673. The Hall–Kier alpha value is -1.59. The SMILES string of the molecule is O=C(CNCCC(=O)NC1CC1)Nc1ccc(Cl)cc1. The molecule has 0 unspecified atom stereocenters. The van der Waals surface area contributed by atoms with Crippen molar-refractivity contribution < 1.29 is 9.59 Å². The molecule has 0 saturated heterocycles. The predicted molar refractivity (Wildman–Crippen MR) is 78.7 cm³/mol. The van der Waals surface area contributed by atoms with E-state index in [1.54, 1.807) is 24.3 Å². The van der Waals surface area contributed by atoms with Crippen LogP contribution in [0.3, 0.4) is 0 Å². The molecular formula is C14H18ClN3O2. The molecule has 0 heterocycles. The molecular weight excluding hydrogens is 278 g/mol. The molecule has 6 heteroatoms. The van der Waals surface area contributed by atoms with E-state index in [9.17, 15) is 9.59 Å². The molecule has 1 aliphatic rings. The molecule has 108 valence electrons. The molecule has 3 N–H and O–H groups in total. The standard InChI is InChI=1S/C14H18ClN3O2/c15-10-1-3-11(4-2-10)18-14(20)9-16-8-7-13(19)17-12-5-6-12/h1-4,12,16H,5-9H2,(H,17,19)(H,18,20). The van der Waals surface area contributed by atoms with Gasteiger partial charge in [0.15, 0.2) is 0 Å². The molecule has 0 bridgehead atoms. The van der Waals surface area contributed by atoms with Crippen LogP contribution in [0.2, 0.25) is 5.02 Å². The maximum atomic E-state index is 11.6. The first kappa shape index (κ1) is 14.8. The van der Waals surface area contributed by atoms with Gasteiger partial charge in [-0.1, -0.05) is 11.6 Å². The van der Waals surface area contributed by atoms with Crippen LogP contribution in [0.15, 0.2) is 24.3 Å². The Morgan fingerprint density at radius 2 is 1.85 bits per heavy atom. The lowest BCUT2D eigenvalue weighted by Crippen LogP contribution is -2.32. The van der Waals surface area contributed by atoms with Crippen molar-refractivity contribution >= 4 is 29.1 Å². The number of hydrogen-bond donors (Lipinski definition) is 3. The molecule has 0 aromatic heterocycles. The van der Waals surface area contributed by atoms with Crippen molar-refractivity contribution in [2.24, 2.45) is 0 Å². The van der Waals surface area contributed by atoms with Crippen LogP contribution in [0.5, 0.6) is 0 Å². The average molecular weight is 296 g/mol. The van der Waals surface area contributed by atoms with Gasteiger partial charge in [0.1, 0.15) is 0 Å². The van der Waals surface area contributed by atoms with Gasteiger partial charge in [-0.05, 0) is 37.1 Å². The van der Waals surface area contributed by atoms with Crippen LogP contribution in [0, 0.1) is 0 Å². The average Bonchev–Trinajstić information content (AvgIpc) is 3.21. The second-order valence-electron chi connectivity index (χ2n) is 4.82. The molecule has 1 aromatic carbocycles. The Morgan fingerprint density at radius 3 is 2.50 bits per heavy atom. The van der Waals surface area contributed by atoms with Crippen LogP contribution in [0.25, 0.3) is 0 Å². The molecule has 20 heavy (non-hydrogen) atoms. The van der Waals surface area contributed by atoms with Gasteiger partial charge in [0.05, 0.1) is 6.54 Å². The van der Waals surface area contributed by atoms with Crippen LogP contribution < -0.4 is 16.0 Å². The second kappa shape index (κ2) is 7.26. The summed E-state index contributed by atoms with van der Waals surface area (Å²) in [7, 11) is 0. The first-order valence-electron chi connectivity index (χ1n) is 6.69. The third-order valence-electron chi connectivity index (χ3n) is 2.88. The van der Waals surface area contributed by atoms with Gasteiger partial charge < -0.3 is 16.0 Å². The lowest BCUT2D eigenvalue weighted by molar-refractivity contribution is -0.121. The van der Waals surface area contributed by atoms with E-state index < -0.39 is 0 Å². The van der Waals surface area contributed by atoms with Gasteiger partial charge in [0, 0.05) is 29.7 Å². The van der Waals surface area contributed by atoms with E-state index in [0.717, 1.165) is 12.8 Å². The lowest BCUT2D eigenvalue weighted by atomic mass is 10.3. The minimum Gasteiger partial charge on any atom is -0.353 e. The number of rotatable bonds is 7. The zero-order valence-electron chi connectivity index (χ0n) is 11.1. The number of amides is 2. The van der Waals surface area contributed by atoms with Crippen molar-refractivity contribution in [2.75, 3.05) is 18.4 Å². The van der Waals surface area contributed by atoms with Gasteiger partial charge in [0.2, 0.25) is 11.8 Å². The number of halogens is 1. The molecule has 1 fully saturated rings. The minimum atomic E-state index is -0.144. The van der Waals surface area contributed by atoms with Crippen LogP contribution in [-0.4, -0.2) is 30.9 Å². The Morgan fingerprint density at radius 1 is 1.15 bits per heavy atom. The first-order valence-corrected chi connectivity index (χ1v) is 7.07. The van der Waals surface area contributed by atoms with Crippen LogP contribution in [0.1, 0.15) is 19.3 Å². The van der Waals surface area contributed by atoms with E-state index in [2.05, 4.69) is 16.0 Å². The Bertz CT molecular complexity index is 472. The molecule has 0 spiro atoms. The van der Waals surface area contributed by atoms with Gasteiger partial charge >= 0.3 is 0 Å². The normalized spacial score (nSPS) is 13.8. The number of nitrogens with one attached hydrogen (secondary N) is 3. The van der Waals surface area contributed by atoms with Crippen LogP contribution in [-0.2, 0) is 9.59 Å². The van der Waals surface area contributed by atoms with Crippen molar-refractivity contribution in [1.82, 2.24) is 10.6 Å². The summed E-state index contributed by atoms with van der Waals surface area (Å²) in [5, 5.41) is 9.20. The third-order valence-corrected chi connectivity index (χ3v) is 3.14. The zero-order chi connectivity index (χ0) is 14.4. The number of benzene rings is 1. The van der Waals surface area contributed by atoms with Crippen molar-refractivity contribution in [3.05, 3.63) is 29.3 Å². The number of carbonyl (C=O) groups is 2. The van der Waals surface area contributed by atoms with E-state index in [-0.39, 0.29) is 18.4 Å². The zero-order valence-corrected chi connectivity index (χ0v) is 11.9. The summed E-state index contributed by atoms with van der Waals surface area (Å²) in [6, 6.07) is 7.29. The Balaban J connectivity index is 1.57. The molecule has 5 nitrogen and oxygen atoms in total. The molecule has 2 amide bonds. The van der Waals surface area contributed by atoms with Crippen molar-refractivity contribution in [1.29, 1.82) is 0 Å². The van der Waals surface area contributed by atoms with Gasteiger partial charge in [-0.2, -0.15) is 0 Å². The number of hydrogen-bond acceptors (Lipinski definition) is 3. The fourth-order valence-electron chi connectivity index (χ4n) is 1.67. The summed E-state index contributed by atoms with van der Waals surface area (Å²) < 4.78 is 0. The summed E-state index contributed by atoms with van der Waals surface area (Å²) >= 11 is 5.76. The van der Waals surface area contributed by atoms with Gasteiger partial charge in [-0.3, -0.25) is 9.59 Å². The molecule has 0 radical (unpaired) electrons. The molecule has 1 aliphatic carbocycles. The summed E-state index contributed by atoms with van der Waals surface area (Å²) in [5.74, 6) is -0.104. The lowest BCUT2D eigenvalue weighted by Gasteiger charge is -2.07. The Labute approximate surface area is 123 Å². The molecule has 2 rings (SSSR count). The van der Waals surface area contributed by atoms with Crippen molar-refractivity contribution in [3.63, 3.8) is 0 Å². The van der Waals surface area contributed by atoms with Gasteiger partial charge in [-0.25, -0.2) is 0 Å². The van der Waals surface area contributed by atoms with E-state index in [4.69, 9.17) is 11.6 Å². The maximum Gasteiger partial charge on any atom is 0.238 e. The van der Waals surface area contributed by atoms with E-state index in [1.807, 2.05) is 0 Å². The van der Waals surface area contributed by atoms with E-state index in [1.165, 1.54) is 0 Å². The number of carbonyl (C=O) groups excluding carboxylic acids is 2. The van der Waals surface area contributed by atoms with E-state index in [0.29, 0.717) is 29.7 Å². The summed E-state index contributed by atoms with van der Waals surface area (Å²) in [6.07, 6.45) is 2.57. The quantitative estimate of drug-likeness (QED) is 0.668. The fourth-order valence-corrected chi connectivity index (χ4v) is 1.80. The topological polar surface area (TPSA) is 70.2 Å². The van der Waals surface area contributed by atoms with Crippen LogP contribution >= 0.6 is 11.6 Å². The monoisotopic (exact) mass is 295 g/mol. The fraction of sp³-hybridized carbons (Fsp3) is 0.429. The predicted octanol–water partition coefficient (Wildman–Crippen LogP) is 1.54. The molecule has 0 aliphatic heterocycles. The highest BCUT2D eigenvalue weighted by molar-refractivity contribution is 6.30. The van der Waals surface area contributed by atoms with Crippen molar-refractivity contribution in [3.8, 4) is 0 Å². The largest absolute Gasteiger partial charge is 0.353 e.